The maximum absolute atomic E-state index is 10.7. The standard InChI is InChI=1S/C12H17N5O3/c1-7(11-8(2)15-20-9(11)3)13-4-5-17-6-10(12(18)19)14-16-17/h6-7,13H,4-5H2,1-3H3,(H,18,19). The van der Waals surface area contributed by atoms with Gasteiger partial charge in [-0.3, -0.25) is 4.68 Å². The summed E-state index contributed by atoms with van der Waals surface area (Å²) < 4.78 is 6.62. The summed E-state index contributed by atoms with van der Waals surface area (Å²) in [7, 11) is 0. The van der Waals surface area contributed by atoms with Gasteiger partial charge < -0.3 is 14.9 Å². The highest BCUT2D eigenvalue weighted by Gasteiger charge is 2.15. The minimum absolute atomic E-state index is 0.0521. The normalized spacial score (nSPS) is 12.6. The fourth-order valence-corrected chi connectivity index (χ4v) is 2.11. The second-order valence-electron chi connectivity index (χ2n) is 4.59. The zero-order chi connectivity index (χ0) is 14.7. The van der Waals surface area contributed by atoms with Crippen molar-refractivity contribution >= 4 is 5.97 Å². The molecule has 2 aromatic rings. The van der Waals surface area contributed by atoms with Crippen LogP contribution in [-0.4, -0.2) is 37.8 Å². The van der Waals surface area contributed by atoms with E-state index in [9.17, 15) is 4.79 Å². The van der Waals surface area contributed by atoms with Crippen LogP contribution >= 0.6 is 0 Å². The molecule has 2 rings (SSSR count). The number of rotatable bonds is 6. The lowest BCUT2D eigenvalue weighted by Gasteiger charge is -2.13. The highest BCUT2D eigenvalue weighted by Crippen LogP contribution is 2.20. The summed E-state index contributed by atoms with van der Waals surface area (Å²) in [5.41, 5.74) is 1.87. The Morgan fingerprint density at radius 1 is 1.55 bits per heavy atom. The number of carbonyl (C=O) groups is 1. The Hall–Kier alpha value is -2.22. The van der Waals surface area contributed by atoms with E-state index in [0.29, 0.717) is 13.1 Å². The van der Waals surface area contributed by atoms with Gasteiger partial charge >= 0.3 is 5.97 Å². The van der Waals surface area contributed by atoms with Gasteiger partial charge in [0.25, 0.3) is 0 Å². The maximum Gasteiger partial charge on any atom is 0.358 e. The van der Waals surface area contributed by atoms with Crippen molar-refractivity contribution in [3.8, 4) is 0 Å². The SMILES string of the molecule is Cc1noc(C)c1C(C)NCCn1cc(C(=O)O)nn1. The highest BCUT2D eigenvalue weighted by atomic mass is 16.5. The molecule has 0 fully saturated rings. The molecule has 2 aromatic heterocycles. The van der Waals surface area contributed by atoms with Crippen molar-refractivity contribution in [2.24, 2.45) is 0 Å². The van der Waals surface area contributed by atoms with Crippen molar-refractivity contribution in [2.75, 3.05) is 6.54 Å². The second-order valence-corrected chi connectivity index (χ2v) is 4.59. The van der Waals surface area contributed by atoms with Crippen LogP contribution in [0.25, 0.3) is 0 Å². The van der Waals surface area contributed by atoms with Gasteiger partial charge in [-0.1, -0.05) is 10.4 Å². The Morgan fingerprint density at radius 2 is 2.30 bits per heavy atom. The van der Waals surface area contributed by atoms with Gasteiger partial charge in [-0.15, -0.1) is 5.10 Å². The Bertz CT molecular complexity index is 585. The van der Waals surface area contributed by atoms with Gasteiger partial charge in [-0.2, -0.15) is 0 Å². The van der Waals surface area contributed by atoms with Gasteiger partial charge in [0.05, 0.1) is 18.4 Å². The Balaban J connectivity index is 1.88. The van der Waals surface area contributed by atoms with E-state index in [4.69, 9.17) is 9.63 Å². The summed E-state index contributed by atoms with van der Waals surface area (Å²) in [6.07, 6.45) is 1.41. The van der Waals surface area contributed by atoms with Crippen molar-refractivity contribution in [3.63, 3.8) is 0 Å². The number of hydrogen-bond donors (Lipinski definition) is 2. The monoisotopic (exact) mass is 279 g/mol. The van der Waals surface area contributed by atoms with Gasteiger partial charge in [-0.25, -0.2) is 4.79 Å². The number of carboxylic acid groups (broad SMARTS) is 1. The number of aryl methyl sites for hydroxylation is 2. The number of hydrogen-bond acceptors (Lipinski definition) is 6. The quantitative estimate of drug-likeness (QED) is 0.810. The number of nitrogens with one attached hydrogen (secondary N) is 1. The summed E-state index contributed by atoms with van der Waals surface area (Å²) >= 11 is 0. The third kappa shape index (κ3) is 3.02. The molecule has 0 saturated carbocycles. The molecule has 1 atom stereocenters. The molecule has 0 amide bonds. The number of aromatic carboxylic acids is 1. The van der Waals surface area contributed by atoms with Crippen LogP contribution in [0.15, 0.2) is 10.7 Å². The lowest BCUT2D eigenvalue weighted by Crippen LogP contribution is -2.24. The number of aromatic nitrogens is 4. The summed E-state index contributed by atoms with van der Waals surface area (Å²) in [6, 6.07) is 0.101. The van der Waals surface area contributed by atoms with Crippen LogP contribution in [0.3, 0.4) is 0 Å². The summed E-state index contributed by atoms with van der Waals surface area (Å²) in [6.45, 7) is 6.98. The van der Waals surface area contributed by atoms with E-state index in [2.05, 4.69) is 20.8 Å². The first kappa shape index (κ1) is 14.2. The molecule has 2 heterocycles. The first-order chi connectivity index (χ1) is 9.49. The van der Waals surface area contributed by atoms with Crippen LogP contribution in [0.1, 0.15) is 40.5 Å². The molecular formula is C12H17N5O3. The van der Waals surface area contributed by atoms with E-state index >= 15 is 0 Å². The molecule has 0 aromatic carbocycles. The molecule has 108 valence electrons. The molecule has 0 spiro atoms. The predicted octanol–water partition coefficient (Wildman–Crippen LogP) is 0.932. The van der Waals surface area contributed by atoms with Crippen molar-refractivity contribution in [1.82, 2.24) is 25.5 Å². The van der Waals surface area contributed by atoms with Crippen LogP contribution in [0, 0.1) is 13.8 Å². The van der Waals surface area contributed by atoms with Gasteiger partial charge in [0.1, 0.15) is 5.76 Å². The molecule has 0 saturated heterocycles. The topological polar surface area (TPSA) is 106 Å². The maximum atomic E-state index is 10.7. The summed E-state index contributed by atoms with van der Waals surface area (Å²) in [5, 5.41) is 23.3. The molecule has 2 N–H and O–H groups in total. The van der Waals surface area contributed by atoms with Crippen LogP contribution in [0.5, 0.6) is 0 Å². The smallest absolute Gasteiger partial charge is 0.358 e. The van der Waals surface area contributed by atoms with Crippen molar-refractivity contribution in [3.05, 3.63) is 28.9 Å². The van der Waals surface area contributed by atoms with E-state index < -0.39 is 5.97 Å². The summed E-state index contributed by atoms with van der Waals surface area (Å²) in [5.74, 6) is -0.273. The zero-order valence-electron chi connectivity index (χ0n) is 11.6. The minimum Gasteiger partial charge on any atom is -0.476 e. The fraction of sp³-hybridized carbons (Fsp3) is 0.500. The van der Waals surface area contributed by atoms with Crippen LogP contribution in [0.4, 0.5) is 0 Å². The molecule has 8 nitrogen and oxygen atoms in total. The largest absolute Gasteiger partial charge is 0.476 e. The second kappa shape index (κ2) is 5.83. The number of carboxylic acids is 1. The third-order valence-electron chi connectivity index (χ3n) is 3.07. The molecule has 20 heavy (non-hydrogen) atoms. The van der Waals surface area contributed by atoms with Crippen LogP contribution < -0.4 is 5.32 Å². The highest BCUT2D eigenvalue weighted by molar-refractivity contribution is 5.84. The molecule has 0 aliphatic carbocycles. The van der Waals surface area contributed by atoms with Crippen LogP contribution in [-0.2, 0) is 6.54 Å². The average Bonchev–Trinajstić information content (AvgIpc) is 2.97. The van der Waals surface area contributed by atoms with Crippen LogP contribution in [0.2, 0.25) is 0 Å². The Morgan fingerprint density at radius 3 is 2.85 bits per heavy atom. The van der Waals surface area contributed by atoms with Gasteiger partial charge in [0.15, 0.2) is 5.69 Å². The molecule has 0 aliphatic heterocycles. The molecule has 0 aliphatic rings. The van der Waals surface area contributed by atoms with Gasteiger partial charge in [0.2, 0.25) is 0 Å². The molecule has 8 heteroatoms. The zero-order valence-corrected chi connectivity index (χ0v) is 11.6. The minimum atomic E-state index is -1.08. The molecular weight excluding hydrogens is 262 g/mol. The molecule has 0 radical (unpaired) electrons. The van der Waals surface area contributed by atoms with E-state index in [-0.39, 0.29) is 11.7 Å². The molecule has 1 unspecified atom stereocenters. The van der Waals surface area contributed by atoms with Crippen molar-refractivity contribution in [1.29, 1.82) is 0 Å². The van der Waals surface area contributed by atoms with Gasteiger partial charge in [-0.05, 0) is 20.8 Å². The first-order valence-corrected chi connectivity index (χ1v) is 6.28. The van der Waals surface area contributed by atoms with Crippen molar-refractivity contribution < 1.29 is 14.4 Å². The lowest BCUT2D eigenvalue weighted by atomic mass is 10.1. The Kier molecular flexibility index (Phi) is 4.14. The van der Waals surface area contributed by atoms with E-state index in [1.54, 1.807) is 0 Å². The molecule has 0 bridgehead atoms. The fourth-order valence-electron chi connectivity index (χ4n) is 2.11. The van der Waals surface area contributed by atoms with Gasteiger partial charge in [0, 0.05) is 18.2 Å². The Labute approximate surface area is 115 Å². The first-order valence-electron chi connectivity index (χ1n) is 6.28. The average molecular weight is 279 g/mol. The van der Waals surface area contributed by atoms with Crippen molar-refractivity contribution in [2.45, 2.75) is 33.4 Å². The summed E-state index contributed by atoms with van der Waals surface area (Å²) in [4.78, 5) is 10.7. The van der Waals surface area contributed by atoms with E-state index in [0.717, 1.165) is 17.0 Å². The van der Waals surface area contributed by atoms with E-state index in [1.165, 1.54) is 10.9 Å². The lowest BCUT2D eigenvalue weighted by molar-refractivity contribution is 0.0690. The van der Waals surface area contributed by atoms with E-state index in [1.807, 2.05) is 20.8 Å². The predicted molar refractivity (Wildman–Crippen MR) is 69.4 cm³/mol. The number of nitrogens with zero attached hydrogens (tertiary/aromatic N) is 4. The third-order valence-corrected chi connectivity index (χ3v) is 3.07.